The highest BCUT2D eigenvalue weighted by Gasteiger charge is 2.16. The summed E-state index contributed by atoms with van der Waals surface area (Å²) in [5, 5.41) is 12.4. The number of rotatable bonds is 6. The molecule has 0 spiro atoms. The van der Waals surface area contributed by atoms with Crippen LogP contribution in [0.25, 0.3) is 0 Å². The largest absolute Gasteiger partial charge is 0.334 e. The summed E-state index contributed by atoms with van der Waals surface area (Å²) >= 11 is 1.49. The summed E-state index contributed by atoms with van der Waals surface area (Å²) in [6.45, 7) is 8.17. The van der Waals surface area contributed by atoms with E-state index in [1.807, 2.05) is 44.4 Å². The molecule has 31 heavy (non-hydrogen) atoms. The molecular formula is C24H25N5OS. The van der Waals surface area contributed by atoms with Crippen LogP contribution in [0, 0.1) is 27.7 Å². The van der Waals surface area contributed by atoms with Crippen molar-refractivity contribution >= 4 is 23.3 Å². The smallest absolute Gasteiger partial charge is 0.316 e. The monoisotopic (exact) mass is 431 g/mol. The van der Waals surface area contributed by atoms with E-state index >= 15 is 0 Å². The number of thioether (sulfide) groups is 1. The van der Waals surface area contributed by atoms with Crippen LogP contribution in [0.4, 0.5) is 11.5 Å². The molecule has 1 N–H and O–H groups in total. The summed E-state index contributed by atoms with van der Waals surface area (Å²) in [6.07, 6.45) is 3.65. The van der Waals surface area contributed by atoms with E-state index in [4.69, 9.17) is 0 Å². The molecule has 0 aliphatic carbocycles. The van der Waals surface area contributed by atoms with Gasteiger partial charge in [-0.25, -0.2) is 0 Å². The Morgan fingerprint density at radius 1 is 0.903 bits per heavy atom. The number of hydrogen-bond donors (Lipinski definition) is 1. The number of anilines is 2. The lowest BCUT2D eigenvalue weighted by molar-refractivity contribution is 0.533. The normalized spacial score (nSPS) is 11.0. The van der Waals surface area contributed by atoms with E-state index in [1.54, 1.807) is 9.35 Å². The van der Waals surface area contributed by atoms with Gasteiger partial charge in [-0.1, -0.05) is 59.3 Å². The van der Waals surface area contributed by atoms with Gasteiger partial charge in [-0.15, -0.1) is 10.2 Å². The van der Waals surface area contributed by atoms with Crippen LogP contribution in [-0.2, 0) is 5.75 Å². The Balaban J connectivity index is 1.71. The van der Waals surface area contributed by atoms with Crippen LogP contribution in [-0.4, -0.2) is 19.5 Å². The highest BCUT2D eigenvalue weighted by atomic mass is 32.2. The molecule has 158 valence electrons. The third-order valence-electron chi connectivity index (χ3n) is 5.00. The molecule has 0 amide bonds. The first-order valence-corrected chi connectivity index (χ1v) is 11.1. The molecule has 2 aromatic carbocycles. The fourth-order valence-electron chi connectivity index (χ4n) is 3.64. The van der Waals surface area contributed by atoms with Crippen molar-refractivity contribution in [1.29, 1.82) is 0 Å². The van der Waals surface area contributed by atoms with Crippen molar-refractivity contribution in [2.24, 2.45) is 0 Å². The van der Waals surface area contributed by atoms with E-state index in [-0.39, 0.29) is 11.4 Å². The van der Waals surface area contributed by atoms with Crippen LogP contribution in [0.5, 0.6) is 0 Å². The van der Waals surface area contributed by atoms with E-state index in [0.717, 1.165) is 16.8 Å². The van der Waals surface area contributed by atoms with Crippen molar-refractivity contribution in [3.63, 3.8) is 0 Å². The fraction of sp³-hybridized carbons (Fsp3) is 0.208. The first kappa shape index (κ1) is 20.9. The summed E-state index contributed by atoms with van der Waals surface area (Å²) < 4.78 is 3.28. The van der Waals surface area contributed by atoms with Gasteiger partial charge >= 0.3 is 5.56 Å². The number of aryl methyl sites for hydroxylation is 4. The third-order valence-corrected chi connectivity index (χ3v) is 5.99. The van der Waals surface area contributed by atoms with E-state index in [1.165, 1.54) is 28.5 Å². The minimum absolute atomic E-state index is 0.198. The topological polar surface area (TPSA) is 64.7 Å². The van der Waals surface area contributed by atoms with Gasteiger partial charge in [0.1, 0.15) is 0 Å². The van der Waals surface area contributed by atoms with E-state index in [0.29, 0.717) is 10.9 Å². The van der Waals surface area contributed by atoms with Crippen LogP contribution in [0.15, 0.2) is 70.9 Å². The zero-order valence-electron chi connectivity index (χ0n) is 18.1. The molecule has 0 saturated carbocycles. The van der Waals surface area contributed by atoms with Gasteiger partial charge in [-0.2, -0.15) is 4.68 Å². The Hall–Kier alpha value is -3.32. The zero-order valence-corrected chi connectivity index (χ0v) is 18.9. The molecule has 0 radical (unpaired) electrons. The maximum absolute atomic E-state index is 13.4. The number of hydrogen-bond acceptors (Lipinski definition) is 5. The fourth-order valence-corrected chi connectivity index (χ4v) is 4.51. The zero-order chi connectivity index (χ0) is 22.0. The minimum atomic E-state index is -0.252. The summed E-state index contributed by atoms with van der Waals surface area (Å²) in [5.41, 5.74) is 6.31. The summed E-state index contributed by atoms with van der Waals surface area (Å²) in [7, 11) is 0. The summed E-state index contributed by atoms with van der Waals surface area (Å²) in [4.78, 5) is 13.4. The molecule has 0 atom stereocenters. The molecule has 0 saturated heterocycles. The SMILES string of the molecule is Cc1cccc(CSc2nnc(Nc3c(C)cc(C)cc3C)c(=O)n2-n2cccc2)c1. The molecule has 7 heteroatoms. The lowest BCUT2D eigenvalue weighted by Gasteiger charge is -2.16. The molecule has 0 bridgehead atoms. The van der Waals surface area contributed by atoms with Gasteiger partial charge in [0.15, 0.2) is 0 Å². The van der Waals surface area contributed by atoms with Gasteiger partial charge < -0.3 is 5.32 Å². The van der Waals surface area contributed by atoms with Crippen LogP contribution in [0.3, 0.4) is 0 Å². The van der Waals surface area contributed by atoms with Gasteiger partial charge in [0.2, 0.25) is 11.0 Å². The van der Waals surface area contributed by atoms with Crippen molar-refractivity contribution < 1.29 is 0 Å². The highest BCUT2D eigenvalue weighted by Crippen LogP contribution is 2.25. The maximum atomic E-state index is 13.4. The Morgan fingerprint density at radius 2 is 1.61 bits per heavy atom. The van der Waals surface area contributed by atoms with Gasteiger partial charge in [-0.3, -0.25) is 9.47 Å². The number of nitrogens with one attached hydrogen (secondary N) is 1. The molecule has 6 nitrogen and oxygen atoms in total. The average Bonchev–Trinajstić information content (AvgIpc) is 3.24. The third kappa shape index (κ3) is 4.56. The predicted molar refractivity (Wildman–Crippen MR) is 126 cm³/mol. The molecule has 0 aliphatic heterocycles. The highest BCUT2D eigenvalue weighted by molar-refractivity contribution is 7.98. The standard InChI is InChI=1S/C24H25N5OS/c1-16-8-7-9-20(14-16)15-31-24-27-26-22(23(30)29(24)28-10-5-6-11-28)25-21-18(3)12-17(2)13-19(21)4/h5-14H,15H2,1-4H3,(H,25,26). The first-order chi connectivity index (χ1) is 14.9. The van der Waals surface area contributed by atoms with Crippen molar-refractivity contribution in [1.82, 2.24) is 19.5 Å². The van der Waals surface area contributed by atoms with E-state index in [2.05, 4.69) is 59.7 Å². The molecule has 2 heterocycles. The quantitative estimate of drug-likeness (QED) is 0.434. The van der Waals surface area contributed by atoms with Crippen LogP contribution >= 0.6 is 11.8 Å². The lowest BCUT2D eigenvalue weighted by atomic mass is 10.1. The van der Waals surface area contributed by atoms with Gasteiger partial charge in [0, 0.05) is 23.8 Å². The molecule has 0 unspecified atom stereocenters. The second-order valence-electron chi connectivity index (χ2n) is 7.69. The lowest BCUT2D eigenvalue weighted by Crippen LogP contribution is -2.30. The van der Waals surface area contributed by atoms with Crippen molar-refractivity contribution in [2.45, 2.75) is 38.6 Å². The second-order valence-corrected chi connectivity index (χ2v) is 8.63. The van der Waals surface area contributed by atoms with Crippen molar-refractivity contribution in [2.75, 3.05) is 5.32 Å². The summed E-state index contributed by atoms with van der Waals surface area (Å²) in [5.74, 6) is 0.892. The number of benzene rings is 2. The maximum Gasteiger partial charge on any atom is 0.316 e. The van der Waals surface area contributed by atoms with Crippen molar-refractivity contribution in [3.05, 3.63) is 99.1 Å². The number of nitrogens with zero attached hydrogens (tertiary/aromatic N) is 4. The minimum Gasteiger partial charge on any atom is -0.334 e. The van der Waals surface area contributed by atoms with Crippen molar-refractivity contribution in [3.8, 4) is 0 Å². The Bertz CT molecular complexity index is 1250. The molecule has 4 aromatic rings. The predicted octanol–water partition coefficient (Wildman–Crippen LogP) is 5.02. The van der Waals surface area contributed by atoms with Crippen LogP contribution < -0.4 is 10.9 Å². The Labute approximate surface area is 185 Å². The van der Waals surface area contributed by atoms with E-state index in [9.17, 15) is 4.79 Å². The summed E-state index contributed by atoms with van der Waals surface area (Å²) in [6, 6.07) is 16.2. The Morgan fingerprint density at radius 3 is 2.29 bits per heavy atom. The molecule has 0 fully saturated rings. The molecule has 4 rings (SSSR count). The second kappa shape index (κ2) is 8.81. The molecule has 0 aliphatic rings. The van der Waals surface area contributed by atoms with Crippen LogP contribution in [0.1, 0.15) is 27.8 Å². The average molecular weight is 432 g/mol. The van der Waals surface area contributed by atoms with Gasteiger partial charge in [0.05, 0.1) is 0 Å². The van der Waals surface area contributed by atoms with Crippen LogP contribution in [0.2, 0.25) is 0 Å². The van der Waals surface area contributed by atoms with E-state index < -0.39 is 0 Å². The first-order valence-electron chi connectivity index (χ1n) is 10.1. The molecule has 2 aromatic heterocycles. The van der Waals surface area contributed by atoms with Gasteiger partial charge in [-0.05, 0) is 56.5 Å². The number of aromatic nitrogens is 4. The Kier molecular flexibility index (Phi) is 5.95. The molecular weight excluding hydrogens is 406 g/mol. The van der Waals surface area contributed by atoms with Gasteiger partial charge in [0.25, 0.3) is 0 Å².